The van der Waals surface area contributed by atoms with E-state index in [1.807, 2.05) is 24.3 Å². The second-order valence-electron chi connectivity index (χ2n) is 4.49. The molecule has 0 amide bonds. The molecule has 0 N–H and O–H groups in total. The third-order valence-electron chi connectivity index (χ3n) is 3.16. The molecule has 1 saturated heterocycles. The summed E-state index contributed by atoms with van der Waals surface area (Å²) >= 11 is 6.08. The van der Waals surface area contributed by atoms with Crippen LogP contribution >= 0.6 is 11.6 Å². The zero-order valence-corrected chi connectivity index (χ0v) is 10.9. The number of rotatable bonds is 1. The summed E-state index contributed by atoms with van der Waals surface area (Å²) in [5.74, 6) is 0.894. The maximum atomic E-state index is 6.08. The van der Waals surface area contributed by atoms with E-state index in [9.17, 15) is 0 Å². The van der Waals surface area contributed by atoms with Gasteiger partial charge in [-0.2, -0.15) is 0 Å². The van der Waals surface area contributed by atoms with Crippen molar-refractivity contribution in [1.29, 1.82) is 0 Å². The monoisotopic (exact) mass is 263 g/mol. The zero-order valence-electron chi connectivity index (χ0n) is 10.1. The predicted molar refractivity (Wildman–Crippen MR) is 72.2 cm³/mol. The highest BCUT2D eigenvalue weighted by Gasteiger charge is 2.20. The van der Waals surface area contributed by atoms with Crippen molar-refractivity contribution in [3.8, 4) is 0 Å². The van der Waals surface area contributed by atoms with E-state index in [1.54, 1.807) is 0 Å². The van der Waals surface area contributed by atoms with Crippen molar-refractivity contribution in [3.63, 3.8) is 0 Å². The van der Waals surface area contributed by atoms with Gasteiger partial charge in [0.15, 0.2) is 11.0 Å². The molecule has 18 heavy (non-hydrogen) atoms. The Morgan fingerprint density at radius 2 is 2.06 bits per heavy atom. The first-order chi connectivity index (χ1) is 8.75. The standard InChI is InChI=1S/C13H14ClN3O/c1-9-8-17(6-7-18-9)13-11-5-3-2-4-10(11)12(14)15-16-13/h2-5,9H,6-8H2,1H3. The van der Waals surface area contributed by atoms with E-state index < -0.39 is 0 Å². The van der Waals surface area contributed by atoms with E-state index in [2.05, 4.69) is 22.0 Å². The number of nitrogens with zero attached hydrogens (tertiary/aromatic N) is 3. The molecule has 94 valence electrons. The molecule has 1 aliphatic heterocycles. The summed E-state index contributed by atoms with van der Waals surface area (Å²) in [6.45, 7) is 4.46. The topological polar surface area (TPSA) is 38.2 Å². The number of hydrogen-bond donors (Lipinski definition) is 0. The number of morpholine rings is 1. The first-order valence-electron chi connectivity index (χ1n) is 6.03. The van der Waals surface area contributed by atoms with Gasteiger partial charge < -0.3 is 9.64 Å². The van der Waals surface area contributed by atoms with E-state index in [0.717, 1.165) is 36.3 Å². The molecule has 0 radical (unpaired) electrons. The lowest BCUT2D eigenvalue weighted by atomic mass is 10.1. The van der Waals surface area contributed by atoms with Crippen LogP contribution in [0, 0.1) is 0 Å². The minimum absolute atomic E-state index is 0.218. The number of aromatic nitrogens is 2. The number of benzene rings is 1. The molecule has 2 aromatic rings. The van der Waals surface area contributed by atoms with Crippen molar-refractivity contribution >= 4 is 28.2 Å². The molecule has 4 nitrogen and oxygen atoms in total. The minimum atomic E-state index is 0.218. The number of ether oxygens (including phenoxy) is 1. The Labute approximate surface area is 111 Å². The second kappa shape index (κ2) is 4.71. The Morgan fingerprint density at radius 3 is 2.83 bits per heavy atom. The van der Waals surface area contributed by atoms with Gasteiger partial charge in [0.1, 0.15) is 0 Å². The van der Waals surface area contributed by atoms with Crippen LogP contribution in [0.15, 0.2) is 24.3 Å². The molecule has 1 fully saturated rings. The summed E-state index contributed by atoms with van der Waals surface area (Å²) in [5, 5.41) is 10.7. The molecule has 1 atom stereocenters. The van der Waals surface area contributed by atoms with Crippen LogP contribution in [0.5, 0.6) is 0 Å². The molecule has 3 rings (SSSR count). The maximum absolute atomic E-state index is 6.08. The van der Waals surface area contributed by atoms with Crippen LogP contribution < -0.4 is 4.90 Å². The fourth-order valence-corrected chi connectivity index (χ4v) is 2.50. The van der Waals surface area contributed by atoms with Crippen LogP contribution in [-0.4, -0.2) is 36.0 Å². The van der Waals surface area contributed by atoms with Gasteiger partial charge in [-0.05, 0) is 6.92 Å². The summed E-state index contributed by atoms with van der Waals surface area (Å²) in [6, 6.07) is 7.96. The molecular formula is C13H14ClN3O. The maximum Gasteiger partial charge on any atom is 0.159 e. The predicted octanol–water partition coefficient (Wildman–Crippen LogP) is 2.51. The highest BCUT2D eigenvalue weighted by molar-refractivity contribution is 6.34. The third-order valence-corrected chi connectivity index (χ3v) is 3.44. The number of anilines is 1. The molecule has 1 unspecified atom stereocenters. The Kier molecular flexibility index (Phi) is 3.06. The van der Waals surface area contributed by atoms with E-state index in [4.69, 9.17) is 16.3 Å². The molecule has 0 spiro atoms. The van der Waals surface area contributed by atoms with Gasteiger partial charge in [0.25, 0.3) is 0 Å². The lowest BCUT2D eigenvalue weighted by Gasteiger charge is -2.32. The normalized spacial score (nSPS) is 20.3. The fraction of sp³-hybridized carbons (Fsp3) is 0.385. The van der Waals surface area contributed by atoms with Crippen molar-refractivity contribution in [2.75, 3.05) is 24.6 Å². The summed E-state index contributed by atoms with van der Waals surface area (Å²) < 4.78 is 5.55. The van der Waals surface area contributed by atoms with E-state index in [1.165, 1.54) is 0 Å². The molecule has 2 heterocycles. The lowest BCUT2D eigenvalue weighted by molar-refractivity contribution is 0.0530. The SMILES string of the molecule is CC1CN(c2nnc(Cl)c3ccccc23)CCO1. The van der Waals surface area contributed by atoms with Gasteiger partial charge in [-0.15, -0.1) is 10.2 Å². The Hall–Kier alpha value is -1.39. The molecule has 0 bridgehead atoms. The Balaban J connectivity index is 2.09. The van der Waals surface area contributed by atoms with Crippen molar-refractivity contribution in [2.24, 2.45) is 0 Å². The second-order valence-corrected chi connectivity index (χ2v) is 4.85. The van der Waals surface area contributed by atoms with Gasteiger partial charge in [0.2, 0.25) is 0 Å². The molecule has 1 aliphatic rings. The number of hydrogen-bond acceptors (Lipinski definition) is 4. The third kappa shape index (κ3) is 2.02. The van der Waals surface area contributed by atoms with Crippen LogP contribution in [0.25, 0.3) is 10.8 Å². The van der Waals surface area contributed by atoms with E-state index >= 15 is 0 Å². The molecule has 0 aliphatic carbocycles. The van der Waals surface area contributed by atoms with Crippen LogP contribution in [0.3, 0.4) is 0 Å². The minimum Gasteiger partial charge on any atom is -0.375 e. The quantitative estimate of drug-likeness (QED) is 0.792. The molecule has 1 aromatic carbocycles. The van der Waals surface area contributed by atoms with Gasteiger partial charge in [0, 0.05) is 23.9 Å². The van der Waals surface area contributed by atoms with E-state index in [0.29, 0.717) is 5.15 Å². The van der Waals surface area contributed by atoms with Crippen LogP contribution in [0.2, 0.25) is 5.15 Å². The average molecular weight is 264 g/mol. The zero-order chi connectivity index (χ0) is 12.5. The largest absolute Gasteiger partial charge is 0.375 e. The van der Waals surface area contributed by atoms with Crippen molar-refractivity contribution in [2.45, 2.75) is 13.0 Å². The van der Waals surface area contributed by atoms with Gasteiger partial charge in [-0.3, -0.25) is 0 Å². The number of halogens is 1. The van der Waals surface area contributed by atoms with E-state index in [-0.39, 0.29) is 6.10 Å². The van der Waals surface area contributed by atoms with Gasteiger partial charge >= 0.3 is 0 Å². The Morgan fingerprint density at radius 1 is 1.28 bits per heavy atom. The summed E-state index contributed by atoms with van der Waals surface area (Å²) in [7, 11) is 0. The van der Waals surface area contributed by atoms with Crippen LogP contribution in [0.4, 0.5) is 5.82 Å². The first-order valence-corrected chi connectivity index (χ1v) is 6.41. The summed E-state index contributed by atoms with van der Waals surface area (Å²) in [5.41, 5.74) is 0. The molecule has 0 saturated carbocycles. The molecule has 5 heteroatoms. The smallest absolute Gasteiger partial charge is 0.159 e. The summed E-state index contributed by atoms with van der Waals surface area (Å²) in [6.07, 6.45) is 0.218. The fourth-order valence-electron chi connectivity index (χ4n) is 2.30. The Bertz CT molecular complexity index is 575. The van der Waals surface area contributed by atoms with Gasteiger partial charge in [-0.1, -0.05) is 35.9 Å². The summed E-state index contributed by atoms with van der Waals surface area (Å²) in [4.78, 5) is 2.21. The average Bonchev–Trinajstić information content (AvgIpc) is 2.39. The van der Waals surface area contributed by atoms with Crippen molar-refractivity contribution in [1.82, 2.24) is 10.2 Å². The highest BCUT2D eigenvalue weighted by Crippen LogP contribution is 2.28. The molecular weight excluding hydrogens is 250 g/mol. The lowest BCUT2D eigenvalue weighted by Crippen LogP contribution is -2.41. The molecule has 1 aromatic heterocycles. The van der Waals surface area contributed by atoms with Crippen LogP contribution in [0.1, 0.15) is 6.92 Å². The van der Waals surface area contributed by atoms with Crippen molar-refractivity contribution < 1.29 is 4.74 Å². The first kappa shape index (κ1) is 11.7. The highest BCUT2D eigenvalue weighted by atomic mass is 35.5. The number of fused-ring (bicyclic) bond motifs is 1. The van der Waals surface area contributed by atoms with Gasteiger partial charge in [0.05, 0.1) is 12.7 Å². The van der Waals surface area contributed by atoms with Crippen LogP contribution in [-0.2, 0) is 4.74 Å². The van der Waals surface area contributed by atoms with Gasteiger partial charge in [-0.25, -0.2) is 0 Å². The van der Waals surface area contributed by atoms with Crippen molar-refractivity contribution in [3.05, 3.63) is 29.4 Å².